The first-order valence-corrected chi connectivity index (χ1v) is 8.99. The van der Waals surface area contributed by atoms with E-state index in [2.05, 4.69) is 6.92 Å². The molecule has 27 heavy (non-hydrogen) atoms. The van der Waals surface area contributed by atoms with Crippen molar-refractivity contribution >= 4 is 17.7 Å². The monoisotopic (exact) mass is 369 g/mol. The molecule has 0 saturated carbocycles. The Kier molecular flexibility index (Phi) is 7.74. The molecule has 0 heterocycles. The van der Waals surface area contributed by atoms with Crippen LogP contribution < -0.4 is 19.1 Å². The van der Waals surface area contributed by atoms with Crippen LogP contribution in [0.5, 0.6) is 17.2 Å². The molecule has 0 radical (unpaired) electrons. The lowest BCUT2D eigenvalue weighted by molar-refractivity contribution is -0.114. The van der Waals surface area contributed by atoms with E-state index in [4.69, 9.17) is 14.2 Å². The number of ether oxygens (including phenoxy) is 3. The largest absolute Gasteiger partial charge is 0.493 e. The van der Waals surface area contributed by atoms with Gasteiger partial charge in [0.25, 0.3) is 5.91 Å². The molecule has 5 heteroatoms. The van der Waals surface area contributed by atoms with Crippen LogP contribution in [0.15, 0.2) is 48.5 Å². The Labute approximate surface area is 161 Å². The molecule has 0 aromatic heterocycles. The molecule has 0 aliphatic rings. The highest BCUT2D eigenvalue weighted by molar-refractivity contribution is 6.03. The molecule has 1 amide bonds. The zero-order valence-electron chi connectivity index (χ0n) is 16.4. The van der Waals surface area contributed by atoms with Crippen molar-refractivity contribution in [1.29, 1.82) is 0 Å². The summed E-state index contributed by atoms with van der Waals surface area (Å²) in [6.07, 6.45) is 5.30. The number of anilines is 1. The Morgan fingerprint density at radius 1 is 1.00 bits per heavy atom. The summed E-state index contributed by atoms with van der Waals surface area (Å²) in [4.78, 5) is 14.6. The predicted octanol–water partition coefficient (Wildman–Crippen LogP) is 4.56. The molecular formula is C22H27NO4. The van der Waals surface area contributed by atoms with Gasteiger partial charge in [-0.05, 0) is 42.3 Å². The van der Waals surface area contributed by atoms with E-state index >= 15 is 0 Å². The number of nitrogens with zero attached hydrogens (tertiary/aromatic N) is 1. The second kappa shape index (κ2) is 10.3. The highest BCUT2D eigenvalue weighted by Gasteiger charge is 2.14. The van der Waals surface area contributed by atoms with Crippen molar-refractivity contribution in [3.8, 4) is 17.2 Å². The Bertz CT molecular complexity index is 746. The van der Waals surface area contributed by atoms with Crippen molar-refractivity contribution in [1.82, 2.24) is 0 Å². The van der Waals surface area contributed by atoms with Gasteiger partial charge in [-0.3, -0.25) is 4.79 Å². The molecule has 0 aliphatic heterocycles. The Morgan fingerprint density at radius 2 is 1.63 bits per heavy atom. The van der Waals surface area contributed by atoms with Crippen molar-refractivity contribution in [2.75, 3.05) is 32.8 Å². The zero-order valence-corrected chi connectivity index (χ0v) is 16.4. The van der Waals surface area contributed by atoms with E-state index in [1.807, 2.05) is 42.5 Å². The molecule has 0 spiro atoms. The molecule has 0 N–H and O–H groups in total. The third-order valence-electron chi connectivity index (χ3n) is 4.17. The summed E-state index contributed by atoms with van der Waals surface area (Å²) in [7, 11) is 4.69. The van der Waals surface area contributed by atoms with Crippen LogP contribution in [0.2, 0.25) is 0 Å². The molecule has 0 atom stereocenters. The Morgan fingerprint density at radius 3 is 2.15 bits per heavy atom. The minimum atomic E-state index is -0.0663. The van der Waals surface area contributed by atoms with Gasteiger partial charge in [-0.1, -0.05) is 31.5 Å². The SMILES string of the molecule is CCCCN(C(=O)/C=C/c1cc(OC)c(OC)c(OC)c1)c1ccccc1. The van der Waals surface area contributed by atoms with Crippen LogP contribution in [0.4, 0.5) is 5.69 Å². The molecule has 0 fully saturated rings. The zero-order chi connectivity index (χ0) is 19.6. The first-order valence-electron chi connectivity index (χ1n) is 8.99. The predicted molar refractivity (Wildman–Crippen MR) is 109 cm³/mol. The number of para-hydroxylation sites is 1. The average molecular weight is 369 g/mol. The number of hydrogen-bond acceptors (Lipinski definition) is 4. The fraction of sp³-hybridized carbons (Fsp3) is 0.318. The van der Waals surface area contributed by atoms with Crippen LogP contribution in [-0.2, 0) is 4.79 Å². The number of benzene rings is 2. The van der Waals surface area contributed by atoms with Gasteiger partial charge in [0.15, 0.2) is 11.5 Å². The molecule has 2 aromatic carbocycles. The first-order chi connectivity index (χ1) is 13.1. The molecule has 5 nitrogen and oxygen atoms in total. The number of methoxy groups -OCH3 is 3. The van der Waals surface area contributed by atoms with E-state index < -0.39 is 0 Å². The van der Waals surface area contributed by atoms with Gasteiger partial charge in [0.2, 0.25) is 5.75 Å². The van der Waals surface area contributed by atoms with Gasteiger partial charge in [-0.25, -0.2) is 0 Å². The standard InChI is InChI=1S/C22H27NO4/c1-5-6-14-23(18-10-8-7-9-11-18)21(24)13-12-17-15-19(25-2)22(27-4)20(16-17)26-3/h7-13,15-16H,5-6,14H2,1-4H3/b13-12+. The normalized spacial score (nSPS) is 10.7. The van der Waals surface area contributed by atoms with E-state index in [1.165, 1.54) is 0 Å². The maximum atomic E-state index is 12.8. The van der Waals surface area contributed by atoms with Crippen LogP contribution in [-0.4, -0.2) is 33.8 Å². The fourth-order valence-electron chi connectivity index (χ4n) is 2.75. The van der Waals surface area contributed by atoms with Crippen LogP contribution in [0.25, 0.3) is 6.08 Å². The highest BCUT2D eigenvalue weighted by Crippen LogP contribution is 2.38. The second-order valence-corrected chi connectivity index (χ2v) is 5.97. The van der Waals surface area contributed by atoms with Crippen molar-refractivity contribution in [2.45, 2.75) is 19.8 Å². The van der Waals surface area contributed by atoms with E-state index in [-0.39, 0.29) is 5.91 Å². The number of carbonyl (C=O) groups is 1. The minimum absolute atomic E-state index is 0.0663. The van der Waals surface area contributed by atoms with Gasteiger partial charge < -0.3 is 19.1 Å². The smallest absolute Gasteiger partial charge is 0.250 e. The van der Waals surface area contributed by atoms with Crippen LogP contribution >= 0.6 is 0 Å². The highest BCUT2D eigenvalue weighted by atomic mass is 16.5. The van der Waals surface area contributed by atoms with Crippen molar-refractivity contribution in [3.63, 3.8) is 0 Å². The summed E-state index contributed by atoms with van der Waals surface area (Å²) >= 11 is 0. The number of carbonyl (C=O) groups excluding carboxylic acids is 1. The number of hydrogen-bond donors (Lipinski definition) is 0. The number of rotatable bonds is 9. The molecule has 0 saturated heterocycles. The Hall–Kier alpha value is -2.95. The second-order valence-electron chi connectivity index (χ2n) is 5.97. The van der Waals surface area contributed by atoms with Crippen molar-refractivity contribution < 1.29 is 19.0 Å². The maximum Gasteiger partial charge on any atom is 0.250 e. The van der Waals surface area contributed by atoms with E-state index in [0.717, 1.165) is 24.1 Å². The Balaban J connectivity index is 2.27. The lowest BCUT2D eigenvalue weighted by Gasteiger charge is -2.21. The van der Waals surface area contributed by atoms with Gasteiger partial charge in [0, 0.05) is 18.3 Å². The molecule has 0 bridgehead atoms. The number of amides is 1. The minimum Gasteiger partial charge on any atom is -0.493 e. The molecule has 2 rings (SSSR count). The van der Waals surface area contributed by atoms with Gasteiger partial charge in [0.05, 0.1) is 21.3 Å². The lowest BCUT2D eigenvalue weighted by Crippen LogP contribution is -2.30. The molecule has 0 aliphatic carbocycles. The van der Waals surface area contributed by atoms with Crippen LogP contribution in [0.3, 0.4) is 0 Å². The summed E-state index contributed by atoms with van der Waals surface area (Å²) in [5, 5.41) is 0. The van der Waals surface area contributed by atoms with Gasteiger partial charge in [-0.15, -0.1) is 0 Å². The summed E-state index contributed by atoms with van der Waals surface area (Å²) in [6, 6.07) is 13.3. The van der Waals surface area contributed by atoms with E-state index in [9.17, 15) is 4.79 Å². The summed E-state index contributed by atoms with van der Waals surface area (Å²) in [5.74, 6) is 1.56. The molecule has 2 aromatic rings. The first kappa shape index (κ1) is 20.4. The van der Waals surface area contributed by atoms with Crippen molar-refractivity contribution in [2.24, 2.45) is 0 Å². The third kappa shape index (κ3) is 5.26. The van der Waals surface area contributed by atoms with Crippen molar-refractivity contribution in [3.05, 3.63) is 54.1 Å². The van der Waals surface area contributed by atoms with Gasteiger partial charge in [-0.2, -0.15) is 0 Å². The lowest BCUT2D eigenvalue weighted by atomic mass is 10.1. The molecule has 0 unspecified atom stereocenters. The van der Waals surface area contributed by atoms with Gasteiger partial charge in [0.1, 0.15) is 0 Å². The van der Waals surface area contributed by atoms with E-state index in [0.29, 0.717) is 23.8 Å². The summed E-state index contributed by atoms with van der Waals surface area (Å²) in [6.45, 7) is 2.79. The van der Waals surface area contributed by atoms with Gasteiger partial charge >= 0.3 is 0 Å². The van der Waals surface area contributed by atoms with Crippen LogP contribution in [0.1, 0.15) is 25.3 Å². The average Bonchev–Trinajstić information content (AvgIpc) is 2.72. The quantitative estimate of drug-likeness (QED) is 0.608. The molecular weight excluding hydrogens is 342 g/mol. The summed E-state index contributed by atoms with van der Waals surface area (Å²) < 4.78 is 16.1. The topological polar surface area (TPSA) is 48.0 Å². The fourth-order valence-corrected chi connectivity index (χ4v) is 2.75. The maximum absolute atomic E-state index is 12.8. The summed E-state index contributed by atoms with van der Waals surface area (Å²) in [5.41, 5.74) is 1.69. The number of unbranched alkanes of at least 4 members (excludes halogenated alkanes) is 1. The van der Waals surface area contributed by atoms with E-state index in [1.54, 1.807) is 38.4 Å². The van der Waals surface area contributed by atoms with Crippen LogP contribution in [0, 0.1) is 0 Å². The molecule has 144 valence electrons. The third-order valence-corrected chi connectivity index (χ3v) is 4.17.